The van der Waals surface area contributed by atoms with E-state index < -0.39 is 0 Å². The van der Waals surface area contributed by atoms with E-state index in [9.17, 15) is 4.79 Å². The zero-order valence-corrected chi connectivity index (χ0v) is 17.3. The summed E-state index contributed by atoms with van der Waals surface area (Å²) in [6, 6.07) is 29.7. The second-order valence-electron chi connectivity index (χ2n) is 6.98. The van der Waals surface area contributed by atoms with Crippen LogP contribution < -0.4 is 0 Å². The SMILES string of the molecule is O=C(SC(CCc1ccc(-c2ccccn2)nc1)c1ccccc1)c1ccccc1. The van der Waals surface area contributed by atoms with Crippen LogP contribution in [0.3, 0.4) is 0 Å². The van der Waals surface area contributed by atoms with Gasteiger partial charge in [-0.05, 0) is 42.2 Å². The van der Waals surface area contributed by atoms with Crippen LogP contribution in [0.2, 0.25) is 0 Å². The molecule has 4 aromatic rings. The van der Waals surface area contributed by atoms with Crippen LogP contribution >= 0.6 is 11.8 Å². The summed E-state index contributed by atoms with van der Waals surface area (Å²) in [5, 5.41) is 0.197. The first-order valence-corrected chi connectivity index (χ1v) is 10.8. The number of thioether (sulfide) groups is 1. The Kier molecular flexibility index (Phi) is 6.68. The lowest BCUT2D eigenvalue weighted by Gasteiger charge is -2.16. The number of nitrogens with zero attached hydrogens (tertiary/aromatic N) is 2. The van der Waals surface area contributed by atoms with E-state index in [0.717, 1.165) is 35.4 Å². The highest BCUT2D eigenvalue weighted by Crippen LogP contribution is 2.35. The van der Waals surface area contributed by atoms with Gasteiger partial charge in [0.15, 0.2) is 0 Å². The van der Waals surface area contributed by atoms with Crippen molar-refractivity contribution in [2.75, 3.05) is 0 Å². The van der Waals surface area contributed by atoms with E-state index in [-0.39, 0.29) is 10.4 Å². The molecule has 0 radical (unpaired) electrons. The third-order valence-electron chi connectivity index (χ3n) is 4.88. The molecule has 4 rings (SSSR count). The van der Waals surface area contributed by atoms with Gasteiger partial charge in [-0.25, -0.2) is 0 Å². The summed E-state index contributed by atoms with van der Waals surface area (Å²) in [7, 11) is 0. The molecule has 2 heterocycles. The van der Waals surface area contributed by atoms with Gasteiger partial charge in [0.2, 0.25) is 5.12 Å². The number of aryl methyl sites for hydroxylation is 1. The smallest absolute Gasteiger partial charge is 0.219 e. The predicted octanol–water partition coefficient (Wildman–Crippen LogP) is 6.39. The fourth-order valence-corrected chi connectivity index (χ4v) is 4.33. The highest BCUT2D eigenvalue weighted by atomic mass is 32.2. The molecular weight excluding hydrogens is 388 g/mol. The molecule has 2 aromatic carbocycles. The summed E-state index contributed by atoms with van der Waals surface area (Å²) < 4.78 is 0. The van der Waals surface area contributed by atoms with E-state index in [0.29, 0.717) is 0 Å². The number of benzene rings is 2. The minimum Gasteiger partial charge on any atom is -0.282 e. The number of pyridine rings is 2. The molecule has 0 saturated carbocycles. The lowest BCUT2D eigenvalue weighted by molar-refractivity contribution is 0.108. The zero-order chi connectivity index (χ0) is 20.6. The zero-order valence-electron chi connectivity index (χ0n) is 16.5. The first kappa shape index (κ1) is 20.0. The number of carbonyl (C=O) groups is 1. The van der Waals surface area contributed by atoms with Crippen molar-refractivity contribution in [1.29, 1.82) is 0 Å². The van der Waals surface area contributed by atoms with Crippen molar-refractivity contribution in [2.45, 2.75) is 18.1 Å². The van der Waals surface area contributed by atoms with Crippen molar-refractivity contribution in [3.8, 4) is 11.4 Å². The van der Waals surface area contributed by atoms with Gasteiger partial charge in [-0.15, -0.1) is 0 Å². The second kappa shape index (κ2) is 9.99. The topological polar surface area (TPSA) is 42.9 Å². The standard InChI is InChI=1S/C26H22N2OS/c29-26(22-11-5-2-6-12-22)30-25(21-9-3-1-4-10-21)17-15-20-14-16-24(28-19-20)23-13-7-8-18-27-23/h1-14,16,18-19,25H,15,17H2. The van der Waals surface area contributed by atoms with Crippen LogP contribution in [0.25, 0.3) is 11.4 Å². The van der Waals surface area contributed by atoms with Crippen molar-refractivity contribution in [3.05, 3.63) is 120 Å². The lowest BCUT2D eigenvalue weighted by atomic mass is 10.0. The molecule has 0 amide bonds. The summed E-state index contributed by atoms with van der Waals surface area (Å²) in [4.78, 5) is 21.7. The van der Waals surface area contributed by atoms with Gasteiger partial charge >= 0.3 is 0 Å². The Balaban J connectivity index is 1.46. The summed E-state index contributed by atoms with van der Waals surface area (Å²) in [5.41, 5.74) is 4.81. The maximum absolute atomic E-state index is 12.8. The van der Waals surface area contributed by atoms with Crippen molar-refractivity contribution >= 4 is 16.9 Å². The summed E-state index contributed by atoms with van der Waals surface area (Å²) in [6.07, 6.45) is 5.40. The fourth-order valence-electron chi connectivity index (χ4n) is 3.27. The first-order valence-electron chi connectivity index (χ1n) is 9.97. The fraction of sp³-hybridized carbons (Fsp3) is 0.115. The average molecular weight is 411 g/mol. The van der Waals surface area contributed by atoms with Crippen LogP contribution in [0, 0.1) is 0 Å². The van der Waals surface area contributed by atoms with E-state index in [1.54, 1.807) is 6.20 Å². The third-order valence-corrected chi connectivity index (χ3v) is 6.12. The van der Waals surface area contributed by atoms with Gasteiger partial charge in [0.25, 0.3) is 0 Å². The highest BCUT2D eigenvalue weighted by Gasteiger charge is 2.18. The van der Waals surface area contributed by atoms with Crippen LogP contribution in [0.1, 0.15) is 33.2 Å². The normalized spacial score (nSPS) is 11.7. The largest absolute Gasteiger partial charge is 0.282 e. The van der Waals surface area contributed by atoms with Crippen LogP contribution in [-0.4, -0.2) is 15.1 Å². The first-order chi connectivity index (χ1) is 14.8. The molecule has 0 bridgehead atoms. The van der Waals surface area contributed by atoms with Crippen LogP contribution in [0.4, 0.5) is 0 Å². The Morgan fingerprint density at radius 1 is 0.767 bits per heavy atom. The Morgan fingerprint density at radius 3 is 2.13 bits per heavy atom. The minimum atomic E-state index is 0.0920. The molecule has 3 nitrogen and oxygen atoms in total. The van der Waals surface area contributed by atoms with E-state index >= 15 is 0 Å². The monoisotopic (exact) mass is 410 g/mol. The van der Waals surface area contributed by atoms with Crippen molar-refractivity contribution < 1.29 is 4.79 Å². The molecule has 148 valence electrons. The molecular formula is C26H22N2OS. The van der Waals surface area contributed by atoms with Gasteiger partial charge in [-0.2, -0.15) is 0 Å². The Labute approximate surface area is 181 Å². The molecule has 1 atom stereocenters. The van der Waals surface area contributed by atoms with Crippen molar-refractivity contribution in [2.24, 2.45) is 0 Å². The van der Waals surface area contributed by atoms with E-state index in [2.05, 4.69) is 28.2 Å². The van der Waals surface area contributed by atoms with E-state index in [4.69, 9.17) is 0 Å². The molecule has 0 aliphatic heterocycles. The van der Waals surface area contributed by atoms with Gasteiger partial charge in [0.1, 0.15) is 0 Å². The van der Waals surface area contributed by atoms with Crippen molar-refractivity contribution in [3.63, 3.8) is 0 Å². The van der Waals surface area contributed by atoms with E-state index in [1.165, 1.54) is 17.3 Å². The number of carbonyl (C=O) groups excluding carboxylic acids is 1. The molecule has 0 N–H and O–H groups in total. The van der Waals surface area contributed by atoms with E-state index in [1.807, 2.05) is 79.0 Å². The summed E-state index contributed by atoms with van der Waals surface area (Å²) >= 11 is 1.40. The predicted molar refractivity (Wildman–Crippen MR) is 123 cm³/mol. The van der Waals surface area contributed by atoms with Crippen LogP contribution in [0.15, 0.2) is 103 Å². The lowest BCUT2D eigenvalue weighted by Crippen LogP contribution is -2.03. The van der Waals surface area contributed by atoms with Crippen molar-refractivity contribution in [1.82, 2.24) is 9.97 Å². The minimum absolute atomic E-state index is 0.0920. The Morgan fingerprint density at radius 2 is 1.47 bits per heavy atom. The number of hydrogen-bond acceptors (Lipinski definition) is 4. The van der Waals surface area contributed by atoms with Crippen LogP contribution in [-0.2, 0) is 6.42 Å². The molecule has 4 heteroatoms. The Bertz CT molecular complexity index is 1070. The molecule has 30 heavy (non-hydrogen) atoms. The maximum Gasteiger partial charge on any atom is 0.219 e. The molecule has 0 aliphatic carbocycles. The third kappa shape index (κ3) is 5.22. The van der Waals surface area contributed by atoms with Gasteiger partial charge in [0.05, 0.1) is 11.4 Å². The van der Waals surface area contributed by atoms with Crippen LogP contribution in [0.5, 0.6) is 0 Å². The maximum atomic E-state index is 12.8. The van der Waals surface area contributed by atoms with Gasteiger partial charge in [-0.3, -0.25) is 14.8 Å². The average Bonchev–Trinajstić information content (AvgIpc) is 2.83. The highest BCUT2D eigenvalue weighted by molar-refractivity contribution is 8.14. The molecule has 0 spiro atoms. The number of hydrogen-bond donors (Lipinski definition) is 0. The quantitative estimate of drug-likeness (QED) is 0.354. The number of aromatic nitrogens is 2. The molecule has 2 aromatic heterocycles. The van der Waals surface area contributed by atoms with Gasteiger partial charge in [0, 0.05) is 23.2 Å². The molecule has 0 aliphatic rings. The van der Waals surface area contributed by atoms with Gasteiger partial charge in [-0.1, -0.05) is 84.6 Å². The van der Waals surface area contributed by atoms with Gasteiger partial charge < -0.3 is 0 Å². The number of rotatable bonds is 7. The molecule has 1 unspecified atom stereocenters. The summed E-state index contributed by atoms with van der Waals surface area (Å²) in [6.45, 7) is 0. The molecule has 0 fully saturated rings. The molecule has 0 saturated heterocycles. The summed E-state index contributed by atoms with van der Waals surface area (Å²) in [5.74, 6) is 0. The second-order valence-corrected chi connectivity index (χ2v) is 8.15. The Hall–Kier alpha value is -3.24.